The lowest BCUT2D eigenvalue weighted by molar-refractivity contribution is -0.126. The van der Waals surface area contributed by atoms with Gasteiger partial charge in [0.05, 0.1) is 0 Å². The molecule has 0 saturated heterocycles. The van der Waals surface area contributed by atoms with E-state index in [0.29, 0.717) is 11.2 Å². The Labute approximate surface area is 93.6 Å². The molecule has 2 aliphatic carbocycles. The predicted octanol–water partition coefficient (Wildman–Crippen LogP) is 3.82. The maximum absolute atomic E-state index is 11.7. The fraction of sp³-hybridized carbons (Fsp3) is 0.929. The van der Waals surface area contributed by atoms with Crippen LogP contribution >= 0.6 is 0 Å². The maximum Gasteiger partial charge on any atom is 0.133 e. The summed E-state index contributed by atoms with van der Waals surface area (Å²) in [5, 5.41) is 0. The number of hydrogen-bond acceptors (Lipinski definition) is 1. The van der Waals surface area contributed by atoms with E-state index >= 15 is 0 Å². The summed E-state index contributed by atoms with van der Waals surface area (Å²) in [7, 11) is 0. The molecule has 15 heavy (non-hydrogen) atoms. The van der Waals surface area contributed by atoms with Gasteiger partial charge in [0.15, 0.2) is 0 Å². The van der Waals surface area contributed by atoms with E-state index in [1.165, 1.54) is 19.3 Å². The molecule has 0 aromatic carbocycles. The van der Waals surface area contributed by atoms with Crippen LogP contribution < -0.4 is 0 Å². The van der Waals surface area contributed by atoms with Crippen molar-refractivity contribution in [2.45, 2.75) is 59.3 Å². The van der Waals surface area contributed by atoms with E-state index in [2.05, 4.69) is 20.8 Å². The summed E-state index contributed by atoms with van der Waals surface area (Å²) >= 11 is 0. The van der Waals surface area contributed by atoms with E-state index in [1.807, 2.05) is 0 Å². The number of Topliss-reactive ketones (excluding diaryl/α,β-unsaturated/α-hetero) is 1. The molecule has 0 unspecified atom stereocenters. The van der Waals surface area contributed by atoms with Crippen molar-refractivity contribution >= 4 is 5.78 Å². The van der Waals surface area contributed by atoms with Crippen LogP contribution in [-0.2, 0) is 4.79 Å². The molecule has 0 aromatic heterocycles. The van der Waals surface area contributed by atoms with Crippen molar-refractivity contribution in [2.75, 3.05) is 0 Å². The summed E-state index contributed by atoms with van der Waals surface area (Å²) in [5.74, 6) is 2.85. The summed E-state index contributed by atoms with van der Waals surface area (Å²) in [5.41, 5.74) is 0.392. The fourth-order valence-electron chi connectivity index (χ4n) is 4.26. The Morgan fingerprint density at radius 2 is 2.07 bits per heavy atom. The molecule has 3 atom stereocenters. The SMILES string of the molecule is CC(C)[C@@H]1CC[C@H](C)[C@]12CCCC(=O)C2. The molecular formula is C14H24O. The zero-order valence-electron chi connectivity index (χ0n) is 10.4. The highest BCUT2D eigenvalue weighted by atomic mass is 16.1. The van der Waals surface area contributed by atoms with E-state index < -0.39 is 0 Å². The smallest absolute Gasteiger partial charge is 0.133 e. The Bertz CT molecular complexity index is 256. The molecule has 1 spiro atoms. The van der Waals surface area contributed by atoms with Crippen LogP contribution in [0.3, 0.4) is 0 Å². The second kappa shape index (κ2) is 3.92. The van der Waals surface area contributed by atoms with Gasteiger partial charge in [-0.05, 0) is 48.9 Å². The Morgan fingerprint density at radius 1 is 1.33 bits per heavy atom. The fourth-order valence-corrected chi connectivity index (χ4v) is 4.26. The van der Waals surface area contributed by atoms with Gasteiger partial charge in [-0.3, -0.25) is 4.79 Å². The first-order valence-electron chi connectivity index (χ1n) is 6.58. The van der Waals surface area contributed by atoms with Gasteiger partial charge < -0.3 is 0 Å². The lowest BCUT2D eigenvalue weighted by Gasteiger charge is -2.43. The Kier molecular flexibility index (Phi) is 2.92. The molecule has 2 fully saturated rings. The van der Waals surface area contributed by atoms with Crippen LogP contribution in [0.5, 0.6) is 0 Å². The van der Waals surface area contributed by atoms with Crippen molar-refractivity contribution in [1.82, 2.24) is 0 Å². The van der Waals surface area contributed by atoms with Crippen LogP contribution in [0.2, 0.25) is 0 Å². The van der Waals surface area contributed by atoms with Crippen LogP contribution in [0.15, 0.2) is 0 Å². The number of carbonyl (C=O) groups excluding carboxylic acids is 1. The molecule has 0 aromatic rings. The zero-order chi connectivity index (χ0) is 11.1. The van der Waals surface area contributed by atoms with Gasteiger partial charge in [0, 0.05) is 12.8 Å². The highest BCUT2D eigenvalue weighted by Gasteiger charge is 2.50. The second-order valence-corrected chi connectivity index (χ2v) is 6.13. The molecule has 1 heteroatoms. The summed E-state index contributed by atoms with van der Waals surface area (Å²) < 4.78 is 0. The Balaban J connectivity index is 2.24. The van der Waals surface area contributed by atoms with E-state index in [9.17, 15) is 4.79 Å². The van der Waals surface area contributed by atoms with Crippen molar-refractivity contribution < 1.29 is 4.79 Å². The van der Waals surface area contributed by atoms with Gasteiger partial charge in [0.25, 0.3) is 0 Å². The van der Waals surface area contributed by atoms with Crippen LogP contribution in [-0.4, -0.2) is 5.78 Å². The van der Waals surface area contributed by atoms with Crippen molar-refractivity contribution in [1.29, 1.82) is 0 Å². The van der Waals surface area contributed by atoms with Crippen LogP contribution in [0.4, 0.5) is 0 Å². The third-order valence-electron chi connectivity index (χ3n) is 5.06. The van der Waals surface area contributed by atoms with Gasteiger partial charge in [-0.1, -0.05) is 20.8 Å². The quantitative estimate of drug-likeness (QED) is 0.640. The summed E-state index contributed by atoms with van der Waals surface area (Å²) in [6.07, 6.45) is 6.88. The lowest BCUT2D eigenvalue weighted by atomic mass is 9.61. The van der Waals surface area contributed by atoms with E-state index in [0.717, 1.165) is 37.0 Å². The zero-order valence-corrected chi connectivity index (χ0v) is 10.4. The molecule has 0 radical (unpaired) electrons. The van der Waals surface area contributed by atoms with E-state index in [4.69, 9.17) is 0 Å². The van der Waals surface area contributed by atoms with Crippen molar-refractivity contribution in [3.8, 4) is 0 Å². The molecule has 0 amide bonds. The number of rotatable bonds is 1. The molecule has 2 saturated carbocycles. The van der Waals surface area contributed by atoms with Gasteiger partial charge in [-0.15, -0.1) is 0 Å². The second-order valence-electron chi connectivity index (χ2n) is 6.13. The minimum atomic E-state index is 0.392. The molecule has 0 bridgehead atoms. The number of carbonyl (C=O) groups is 1. The van der Waals surface area contributed by atoms with Crippen LogP contribution in [0, 0.1) is 23.2 Å². The summed E-state index contributed by atoms with van der Waals surface area (Å²) in [6, 6.07) is 0. The topological polar surface area (TPSA) is 17.1 Å². The number of ketones is 1. The minimum absolute atomic E-state index is 0.392. The Hall–Kier alpha value is -0.330. The highest BCUT2D eigenvalue weighted by molar-refractivity contribution is 5.80. The molecule has 0 heterocycles. The van der Waals surface area contributed by atoms with Crippen molar-refractivity contribution in [3.63, 3.8) is 0 Å². The third kappa shape index (κ3) is 1.74. The Morgan fingerprint density at radius 3 is 2.67 bits per heavy atom. The first-order valence-corrected chi connectivity index (χ1v) is 6.58. The highest BCUT2D eigenvalue weighted by Crippen LogP contribution is 2.57. The monoisotopic (exact) mass is 208 g/mol. The van der Waals surface area contributed by atoms with Crippen molar-refractivity contribution in [3.05, 3.63) is 0 Å². The van der Waals surface area contributed by atoms with Crippen molar-refractivity contribution in [2.24, 2.45) is 23.2 Å². The van der Waals surface area contributed by atoms with Gasteiger partial charge in [-0.2, -0.15) is 0 Å². The first kappa shape index (κ1) is 11.2. The lowest BCUT2D eigenvalue weighted by Crippen LogP contribution is -2.38. The average Bonchev–Trinajstić information content (AvgIpc) is 2.44. The van der Waals surface area contributed by atoms with E-state index in [1.54, 1.807) is 0 Å². The van der Waals surface area contributed by atoms with Gasteiger partial charge in [0.1, 0.15) is 5.78 Å². The maximum atomic E-state index is 11.7. The molecular weight excluding hydrogens is 184 g/mol. The average molecular weight is 208 g/mol. The minimum Gasteiger partial charge on any atom is -0.300 e. The summed E-state index contributed by atoms with van der Waals surface area (Å²) in [4.78, 5) is 11.7. The summed E-state index contributed by atoms with van der Waals surface area (Å²) in [6.45, 7) is 7.05. The van der Waals surface area contributed by atoms with Gasteiger partial charge in [0.2, 0.25) is 0 Å². The largest absolute Gasteiger partial charge is 0.300 e. The standard InChI is InChI=1S/C14H24O/c1-10(2)13-7-6-11(3)14(13)8-4-5-12(15)9-14/h10-11,13H,4-9H2,1-3H3/t11-,13-,14+/m0/s1. The molecule has 0 N–H and O–H groups in total. The van der Waals surface area contributed by atoms with Gasteiger partial charge >= 0.3 is 0 Å². The normalized spacial score (nSPS) is 41.7. The number of hydrogen-bond donors (Lipinski definition) is 0. The van der Waals surface area contributed by atoms with Gasteiger partial charge in [-0.25, -0.2) is 0 Å². The first-order chi connectivity index (χ1) is 7.06. The third-order valence-corrected chi connectivity index (χ3v) is 5.06. The van der Waals surface area contributed by atoms with Crippen LogP contribution in [0.25, 0.3) is 0 Å². The molecule has 2 rings (SSSR count). The molecule has 2 aliphatic rings. The molecule has 0 aliphatic heterocycles. The molecule has 86 valence electrons. The predicted molar refractivity (Wildman–Crippen MR) is 62.6 cm³/mol. The van der Waals surface area contributed by atoms with Crippen LogP contribution in [0.1, 0.15) is 59.3 Å². The molecule has 1 nitrogen and oxygen atoms in total. The van der Waals surface area contributed by atoms with E-state index in [-0.39, 0.29) is 0 Å².